The van der Waals surface area contributed by atoms with Gasteiger partial charge in [0.2, 0.25) is 5.91 Å². The zero-order valence-electron chi connectivity index (χ0n) is 18.8. The molecule has 1 aromatic heterocycles. The van der Waals surface area contributed by atoms with Gasteiger partial charge in [-0.2, -0.15) is 17.9 Å². The number of thiophene rings is 1. The number of benzene rings is 2. The van der Waals surface area contributed by atoms with Gasteiger partial charge in [-0.25, -0.2) is 13.2 Å². The fourth-order valence-electron chi connectivity index (χ4n) is 3.43. The fourth-order valence-corrected chi connectivity index (χ4v) is 6.23. The molecule has 1 unspecified atom stereocenters. The van der Waals surface area contributed by atoms with E-state index in [1.807, 2.05) is 6.07 Å². The molecule has 1 aliphatic rings. The maximum absolute atomic E-state index is 12.8. The number of halogens is 4. The Labute approximate surface area is 218 Å². The molecule has 0 saturated carbocycles. The van der Waals surface area contributed by atoms with Gasteiger partial charge in [0, 0.05) is 28.4 Å². The summed E-state index contributed by atoms with van der Waals surface area (Å²) in [5.41, 5.74) is 6.94. The lowest BCUT2D eigenvalue weighted by Gasteiger charge is -2.17. The van der Waals surface area contributed by atoms with Gasteiger partial charge in [0.1, 0.15) is 16.1 Å². The van der Waals surface area contributed by atoms with Crippen molar-refractivity contribution < 1.29 is 36.3 Å². The third-order valence-electron chi connectivity index (χ3n) is 5.17. The molecule has 1 atom stereocenters. The van der Waals surface area contributed by atoms with Crippen LogP contribution in [0.1, 0.15) is 17.5 Å². The highest BCUT2D eigenvalue weighted by Gasteiger charge is 2.38. The maximum Gasteiger partial charge on any atom is 0.490 e. The molecule has 0 aliphatic carbocycles. The number of rotatable bonds is 6. The van der Waals surface area contributed by atoms with Gasteiger partial charge in [0.05, 0.1) is 0 Å². The molecule has 1 aliphatic heterocycles. The summed E-state index contributed by atoms with van der Waals surface area (Å²) >= 11 is 7.12. The summed E-state index contributed by atoms with van der Waals surface area (Å²) in [5.74, 6) is -3.07. The van der Waals surface area contributed by atoms with Gasteiger partial charge in [0.25, 0.3) is 10.0 Å². The van der Waals surface area contributed by atoms with Gasteiger partial charge in [-0.3, -0.25) is 10.2 Å². The second-order valence-electron chi connectivity index (χ2n) is 7.89. The zero-order chi connectivity index (χ0) is 27.5. The Kier molecular flexibility index (Phi) is 8.47. The highest BCUT2D eigenvalue weighted by atomic mass is 35.5. The quantitative estimate of drug-likeness (QED) is 0.260. The van der Waals surface area contributed by atoms with Crippen LogP contribution in [-0.4, -0.2) is 54.9 Å². The Balaban J connectivity index is 0.000000479. The number of alkyl halides is 3. The molecule has 1 saturated heterocycles. The van der Waals surface area contributed by atoms with Crippen LogP contribution in [0.3, 0.4) is 0 Å². The summed E-state index contributed by atoms with van der Waals surface area (Å²) < 4.78 is 60.9. The highest BCUT2D eigenvalue weighted by Crippen LogP contribution is 2.31. The molecule has 1 amide bonds. The molecule has 198 valence electrons. The summed E-state index contributed by atoms with van der Waals surface area (Å²) in [7, 11) is -3.83. The number of likely N-dealkylation sites (tertiary alicyclic amines) is 1. The van der Waals surface area contributed by atoms with Crippen LogP contribution in [-0.2, 0) is 26.2 Å². The lowest BCUT2D eigenvalue weighted by atomic mass is 10.1. The summed E-state index contributed by atoms with van der Waals surface area (Å²) in [5, 5.41) is 15.9. The van der Waals surface area contributed by atoms with Gasteiger partial charge in [0.15, 0.2) is 0 Å². The lowest BCUT2D eigenvalue weighted by molar-refractivity contribution is -0.192. The number of sulfonamides is 1. The van der Waals surface area contributed by atoms with E-state index < -0.39 is 28.2 Å². The molecule has 0 radical (unpaired) electrons. The third kappa shape index (κ3) is 7.19. The van der Waals surface area contributed by atoms with Gasteiger partial charge < -0.3 is 15.7 Å². The molecular weight excluding hydrogens is 557 g/mol. The summed E-state index contributed by atoms with van der Waals surface area (Å²) in [6.45, 7) is 0.776. The second kappa shape index (κ2) is 11.0. The van der Waals surface area contributed by atoms with E-state index in [0.29, 0.717) is 30.1 Å². The molecule has 2 aromatic carbocycles. The van der Waals surface area contributed by atoms with Crippen LogP contribution in [0.4, 0.5) is 13.2 Å². The number of nitrogen functional groups attached to an aromatic ring is 1. The monoisotopic (exact) mass is 576 g/mol. The van der Waals surface area contributed by atoms with Crippen molar-refractivity contribution in [2.75, 3.05) is 6.54 Å². The molecule has 1 fully saturated rings. The predicted molar refractivity (Wildman–Crippen MR) is 132 cm³/mol. The Morgan fingerprint density at radius 2 is 1.92 bits per heavy atom. The molecule has 0 spiro atoms. The molecule has 9 nitrogen and oxygen atoms in total. The van der Waals surface area contributed by atoms with Crippen molar-refractivity contribution in [2.24, 2.45) is 5.73 Å². The lowest BCUT2D eigenvalue weighted by Crippen LogP contribution is -2.41. The minimum Gasteiger partial charge on any atom is -0.475 e. The van der Waals surface area contributed by atoms with Crippen molar-refractivity contribution in [3.8, 4) is 0 Å². The molecule has 2 heterocycles. The standard InChI is InChI=1S/C20H19ClN4O3S2.C2HF3O2/c21-15-4-5-17-14(9-15)10-18(29-17)30(27,28)24-16-6-7-25(20(16)26)11-12-2-1-3-13(8-12)19(22)23;3-2(4,5)1(6)7/h1-5,8-10,16,24H,6-7,11H2,(H3,22,23);(H,6,7). The number of hydrogen-bond acceptors (Lipinski definition) is 6. The highest BCUT2D eigenvalue weighted by molar-refractivity contribution is 7.91. The first kappa shape index (κ1) is 28.4. The average Bonchev–Trinajstić information content (AvgIpc) is 3.38. The minimum absolute atomic E-state index is 0.0418. The van der Waals surface area contributed by atoms with Gasteiger partial charge in [-0.1, -0.05) is 29.8 Å². The largest absolute Gasteiger partial charge is 0.490 e. The van der Waals surface area contributed by atoms with Gasteiger partial charge >= 0.3 is 12.1 Å². The molecule has 15 heteroatoms. The smallest absolute Gasteiger partial charge is 0.475 e. The van der Waals surface area contributed by atoms with Crippen LogP contribution in [0, 0.1) is 5.41 Å². The van der Waals surface area contributed by atoms with Crippen molar-refractivity contribution in [2.45, 2.75) is 29.4 Å². The van der Waals surface area contributed by atoms with Crippen molar-refractivity contribution in [3.63, 3.8) is 0 Å². The van der Waals surface area contributed by atoms with Crippen molar-refractivity contribution >= 4 is 60.8 Å². The number of carboxylic acids is 1. The molecule has 4 rings (SSSR count). The van der Waals surface area contributed by atoms with Crippen LogP contribution >= 0.6 is 22.9 Å². The van der Waals surface area contributed by atoms with E-state index >= 15 is 0 Å². The first-order valence-corrected chi connectivity index (χ1v) is 13.1. The Hall–Kier alpha value is -3.20. The molecular formula is C22H20ClF3N4O5S2. The minimum atomic E-state index is -5.08. The second-order valence-corrected chi connectivity index (χ2v) is 11.3. The molecule has 3 aromatic rings. The Bertz CT molecular complexity index is 1460. The van der Waals surface area contributed by atoms with Crippen LogP contribution in [0.25, 0.3) is 10.1 Å². The molecule has 0 bridgehead atoms. The molecule has 37 heavy (non-hydrogen) atoms. The SMILES string of the molecule is N=C(N)c1cccc(CN2CCC(NS(=O)(=O)c3cc4cc(Cl)ccc4s3)C2=O)c1.O=C(O)C(F)(F)F. The van der Waals surface area contributed by atoms with E-state index in [1.165, 1.54) is 0 Å². The summed E-state index contributed by atoms with van der Waals surface area (Å²) in [4.78, 5) is 23.3. The average molecular weight is 577 g/mol. The normalized spacial score (nSPS) is 15.9. The topological polar surface area (TPSA) is 154 Å². The number of nitrogens with two attached hydrogens (primary N) is 1. The van der Waals surface area contributed by atoms with E-state index in [9.17, 15) is 26.4 Å². The number of fused-ring (bicyclic) bond motifs is 1. The fraction of sp³-hybridized carbons (Fsp3) is 0.227. The Morgan fingerprint density at radius 1 is 1.24 bits per heavy atom. The van der Waals surface area contributed by atoms with E-state index in [1.54, 1.807) is 47.4 Å². The number of carboxylic acid groups (broad SMARTS) is 1. The molecule has 5 N–H and O–H groups in total. The number of aliphatic carboxylic acids is 1. The Morgan fingerprint density at radius 3 is 2.54 bits per heavy atom. The van der Waals surface area contributed by atoms with Crippen molar-refractivity contribution in [1.29, 1.82) is 5.41 Å². The number of nitrogens with zero attached hydrogens (tertiary/aromatic N) is 1. The zero-order valence-corrected chi connectivity index (χ0v) is 21.1. The number of amides is 1. The predicted octanol–water partition coefficient (Wildman–Crippen LogP) is 3.55. The maximum atomic E-state index is 12.8. The number of nitrogens with one attached hydrogen (secondary N) is 2. The van der Waals surface area contributed by atoms with E-state index in [0.717, 1.165) is 27.0 Å². The third-order valence-corrected chi connectivity index (χ3v) is 8.47. The van der Waals surface area contributed by atoms with Gasteiger partial charge in [-0.15, -0.1) is 11.3 Å². The number of amidine groups is 1. The number of carbonyl (C=O) groups is 2. The van der Waals surface area contributed by atoms with Crippen LogP contribution in [0.5, 0.6) is 0 Å². The van der Waals surface area contributed by atoms with Crippen molar-refractivity contribution in [1.82, 2.24) is 9.62 Å². The van der Waals surface area contributed by atoms with Crippen LogP contribution < -0.4 is 10.5 Å². The van der Waals surface area contributed by atoms with Crippen molar-refractivity contribution in [3.05, 3.63) is 64.7 Å². The summed E-state index contributed by atoms with van der Waals surface area (Å²) in [6.07, 6.45) is -4.69. The van der Waals surface area contributed by atoms with E-state index in [2.05, 4.69) is 4.72 Å². The van der Waals surface area contributed by atoms with Crippen LogP contribution in [0.15, 0.2) is 52.7 Å². The van der Waals surface area contributed by atoms with Crippen LogP contribution in [0.2, 0.25) is 5.02 Å². The van der Waals surface area contributed by atoms with Gasteiger partial charge in [-0.05, 0) is 47.7 Å². The van der Waals surface area contributed by atoms with E-state index in [-0.39, 0.29) is 16.0 Å². The first-order valence-electron chi connectivity index (χ1n) is 10.4. The number of hydrogen-bond donors (Lipinski definition) is 4. The van der Waals surface area contributed by atoms with E-state index in [4.69, 9.17) is 32.6 Å². The first-order chi connectivity index (χ1) is 17.2. The summed E-state index contributed by atoms with van der Waals surface area (Å²) in [6, 6.07) is 13.1. The number of carbonyl (C=O) groups excluding carboxylic acids is 1.